The number of hydrogen-bond acceptors (Lipinski definition) is 3. The van der Waals surface area contributed by atoms with Crippen LogP contribution in [-0.4, -0.2) is 24.9 Å². The van der Waals surface area contributed by atoms with Crippen molar-refractivity contribution in [1.82, 2.24) is 5.32 Å². The van der Waals surface area contributed by atoms with E-state index in [-0.39, 0.29) is 6.10 Å². The summed E-state index contributed by atoms with van der Waals surface area (Å²) in [7, 11) is 1.66. The van der Waals surface area contributed by atoms with Crippen LogP contribution in [0.4, 0.5) is 0 Å². The first kappa shape index (κ1) is 15.3. The molecule has 0 amide bonds. The molecule has 1 saturated carbocycles. The summed E-state index contributed by atoms with van der Waals surface area (Å²) in [5.41, 5.74) is 1.21. The van der Waals surface area contributed by atoms with Gasteiger partial charge in [-0.05, 0) is 81.3 Å². The van der Waals surface area contributed by atoms with E-state index in [9.17, 15) is 5.11 Å². The van der Waals surface area contributed by atoms with Gasteiger partial charge < -0.3 is 15.2 Å². The SMILES string of the molecule is COc1c(Br)cc(CNCC2CCC(O)C2)cc1Br. The van der Waals surface area contributed by atoms with Crippen molar-refractivity contribution in [2.75, 3.05) is 13.7 Å². The summed E-state index contributed by atoms with van der Waals surface area (Å²) in [6, 6.07) is 4.14. The highest BCUT2D eigenvalue weighted by atomic mass is 79.9. The second kappa shape index (κ2) is 7.07. The zero-order chi connectivity index (χ0) is 13.8. The Morgan fingerprint density at radius 3 is 2.53 bits per heavy atom. The van der Waals surface area contributed by atoms with Gasteiger partial charge in [0.15, 0.2) is 0 Å². The van der Waals surface area contributed by atoms with E-state index in [1.54, 1.807) is 7.11 Å². The predicted molar refractivity (Wildman–Crippen MR) is 83.4 cm³/mol. The molecule has 1 aliphatic rings. The molecule has 3 nitrogen and oxygen atoms in total. The highest BCUT2D eigenvalue weighted by Crippen LogP contribution is 2.34. The van der Waals surface area contributed by atoms with E-state index in [1.165, 1.54) is 5.56 Å². The Labute approximate surface area is 131 Å². The summed E-state index contributed by atoms with van der Waals surface area (Å²) < 4.78 is 7.20. The van der Waals surface area contributed by atoms with Gasteiger partial charge in [-0.15, -0.1) is 0 Å². The fourth-order valence-corrected chi connectivity index (χ4v) is 4.17. The molecule has 2 N–H and O–H groups in total. The molecule has 0 bridgehead atoms. The molecule has 1 aromatic carbocycles. The zero-order valence-electron chi connectivity index (χ0n) is 11.0. The molecule has 19 heavy (non-hydrogen) atoms. The van der Waals surface area contributed by atoms with Crippen LogP contribution in [0.15, 0.2) is 21.1 Å². The number of methoxy groups -OCH3 is 1. The molecule has 2 atom stereocenters. The summed E-state index contributed by atoms with van der Waals surface area (Å²) in [5.74, 6) is 1.43. The first-order valence-corrected chi connectivity index (χ1v) is 8.09. The number of aliphatic hydroxyl groups is 1. The molecule has 106 valence electrons. The van der Waals surface area contributed by atoms with Crippen molar-refractivity contribution in [3.63, 3.8) is 0 Å². The lowest BCUT2D eigenvalue weighted by Gasteiger charge is -2.13. The number of ether oxygens (including phenoxy) is 1. The fourth-order valence-electron chi connectivity index (χ4n) is 2.56. The minimum Gasteiger partial charge on any atom is -0.494 e. The highest BCUT2D eigenvalue weighted by Gasteiger charge is 2.22. The standard InChI is InChI=1S/C14H19Br2NO2/c1-19-14-12(15)5-10(6-13(14)16)8-17-7-9-2-3-11(18)4-9/h5-6,9,11,17-18H,2-4,7-8H2,1H3. The van der Waals surface area contributed by atoms with Crippen LogP contribution >= 0.6 is 31.9 Å². The van der Waals surface area contributed by atoms with Gasteiger partial charge in [0.1, 0.15) is 5.75 Å². The second-order valence-electron chi connectivity index (χ2n) is 5.06. The van der Waals surface area contributed by atoms with Gasteiger partial charge in [-0.25, -0.2) is 0 Å². The van der Waals surface area contributed by atoms with Crippen molar-refractivity contribution < 1.29 is 9.84 Å². The Bertz CT molecular complexity index is 416. The van der Waals surface area contributed by atoms with Crippen LogP contribution < -0.4 is 10.1 Å². The second-order valence-corrected chi connectivity index (χ2v) is 6.77. The lowest BCUT2D eigenvalue weighted by Crippen LogP contribution is -2.21. The topological polar surface area (TPSA) is 41.5 Å². The van der Waals surface area contributed by atoms with Gasteiger partial charge in [-0.2, -0.15) is 0 Å². The third-order valence-corrected chi connectivity index (χ3v) is 4.72. The van der Waals surface area contributed by atoms with Crippen LogP contribution in [-0.2, 0) is 6.54 Å². The van der Waals surface area contributed by atoms with E-state index in [0.717, 1.165) is 47.0 Å². The van der Waals surface area contributed by atoms with Crippen molar-refractivity contribution in [1.29, 1.82) is 0 Å². The van der Waals surface area contributed by atoms with E-state index in [1.807, 2.05) is 0 Å². The third kappa shape index (κ3) is 4.18. The summed E-state index contributed by atoms with van der Waals surface area (Å²) in [6.45, 7) is 1.80. The summed E-state index contributed by atoms with van der Waals surface area (Å²) in [6.07, 6.45) is 2.93. The maximum atomic E-state index is 9.49. The average molecular weight is 393 g/mol. The predicted octanol–water partition coefficient (Wildman–Crippen LogP) is 3.47. The van der Waals surface area contributed by atoms with Crippen LogP contribution in [0, 0.1) is 5.92 Å². The quantitative estimate of drug-likeness (QED) is 0.805. The van der Waals surface area contributed by atoms with Crippen molar-refractivity contribution in [2.45, 2.75) is 31.9 Å². The first-order chi connectivity index (χ1) is 9.10. The fraction of sp³-hybridized carbons (Fsp3) is 0.571. The van der Waals surface area contributed by atoms with Gasteiger partial charge in [-0.3, -0.25) is 0 Å². The monoisotopic (exact) mass is 391 g/mol. The zero-order valence-corrected chi connectivity index (χ0v) is 14.1. The van der Waals surface area contributed by atoms with Gasteiger partial charge in [0.25, 0.3) is 0 Å². The van der Waals surface area contributed by atoms with Crippen LogP contribution in [0.25, 0.3) is 0 Å². The lowest BCUT2D eigenvalue weighted by molar-refractivity contribution is 0.177. The maximum Gasteiger partial charge on any atom is 0.147 e. The van der Waals surface area contributed by atoms with Crippen molar-refractivity contribution in [2.24, 2.45) is 5.92 Å². The summed E-state index contributed by atoms with van der Waals surface area (Å²) in [5, 5.41) is 13.0. The molecule has 0 spiro atoms. The Kier molecular flexibility index (Phi) is 5.69. The summed E-state index contributed by atoms with van der Waals surface area (Å²) in [4.78, 5) is 0. The van der Waals surface area contributed by atoms with E-state index < -0.39 is 0 Å². The van der Waals surface area contributed by atoms with Crippen LogP contribution in [0.2, 0.25) is 0 Å². The Balaban J connectivity index is 1.86. The van der Waals surface area contributed by atoms with Gasteiger partial charge in [0.2, 0.25) is 0 Å². The first-order valence-electron chi connectivity index (χ1n) is 6.51. The Hall–Kier alpha value is -0.100. The van der Waals surface area contributed by atoms with Crippen LogP contribution in [0.3, 0.4) is 0 Å². The lowest BCUT2D eigenvalue weighted by atomic mass is 10.1. The van der Waals surface area contributed by atoms with E-state index >= 15 is 0 Å². The van der Waals surface area contributed by atoms with Gasteiger partial charge >= 0.3 is 0 Å². The third-order valence-electron chi connectivity index (χ3n) is 3.54. The number of rotatable bonds is 5. The average Bonchev–Trinajstić information content (AvgIpc) is 2.75. The molecular formula is C14H19Br2NO2. The number of benzene rings is 1. The van der Waals surface area contributed by atoms with Crippen molar-refractivity contribution in [3.05, 3.63) is 26.6 Å². The Morgan fingerprint density at radius 2 is 2.00 bits per heavy atom. The molecule has 1 aliphatic carbocycles. The maximum absolute atomic E-state index is 9.49. The molecule has 2 rings (SSSR count). The number of aliphatic hydroxyl groups excluding tert-OH is 1. The van der Waals surface area contributed by atoms with E-state index in [4.69, 9.17) is 4.74 Å². The molecule has 0 aromatic heterocycles. The van der Waals surface area contributed by atoms with Gasteiger partial charge in [0.05, 0.1) is 22.2 Å². The minimum atomic E-state index is -0.0870. The molecular weight excluding hydrogens is 374 g/mol. The van der Waals surface area contributed by atoms with Crippen molar-refractivity contribution in [3.8, 4) is 5.75 Å². The molecule has 0 heterocycles. The minimum absolute atomic E-state index is 0.0870. The molecule has 2 unspecified atom stereocenters. The largest absolute Gasteiger partial charge is 0.494 e. The smallest absolute Gasteiger partial charge is 0.147 e. The van der Waals surface area contributed by atoms with Crippen LogP contribution in [0.5, 0.6) is 5.75 Å². The molecule has 0 radical (unpaired) electrons. The highest BCUT2D eigenvalue weighted by molar-refractivity contribution is 9.11. The number of hydrogen-bond donors (Lipinski definition) is 2. The van der Waals surface area contributed by atoms with E-state index in [2.05, 4.69) is 49.3 Å². The van der Waals surface area contributed by atoms with Crippen molar-refractivity contribution >= 4 is 31.9 Å². The number of nitrogens with one attached hydrogen (secondary N) is 1. The summed E-state index contributed by atoms with van der Waals surface area (Å²) >= 11 is 7.02. The molecule has 1 fully saturated rings. The molecule has 0 saturated heterocycles. The number of halogens is 2. The van der Waals surface area contributed by atoms with Crippen LogP contribution in [0.1, 0.15) is 24.8 Å². The molecule has 5 heteroatoms. The normalized spacial score (nSPS) is 22.7. The molecule has 1 aromatic rings. The van der Waals surface area contributed by atoms with Gasteiger partial charge in [-0.1, -0.05) is 0 Å². The van der Waals surface area contributed by atoms with Gasteiger partial charge in [0, 0.05) is 6.54 Å². The molecule has 0 aliphatic heterocycles. The van der Waals surface area contributed by atoms with E-state index in [0.29, 0.717) is 5.92 Å². The Morgan fingerprint density at radius 1 is 1.32 bits per heavy atom.